The lowest BCUT2D eigenvalue weighted by Crippen LogP contribution is -2.21. The quantitative estimate of drug-likeness (QED) is 0.622. The lowest BCUT2D eigenvalue weighted by Gasteiger charge is -2.11. The zero-order chi connectivity index (χ0) is 15.1. The van der Waals surface area contributed by atoms with Gasteiger partial charge in [-0.05, 0) is 36.8 Å². The van der Waals surface area contributed by atoms with Gasteiger partial charge in [-0.2, -0.15) is 11.8 Å². The van der Waals surface area contributed by atoms with Crippen LogP contribution in [0.15, 0.2) is 17.3 Å². The Morgan fingerprint density at radius 1 is 1.38 bits per heavy atom. The molecular weight excluding hydrogens is 284 g/mol. The predicted octanol–water partition coefficient (Wildman–Crippen LogP) is 2.51. The highest BCUT2D eigenvalue weighted by Gasteiger charge is 2.08. The maximum Gasteiger partial charge on any atom is 0.275 e. The van der Waals surface area contributed by atoms with E-state index in [1.807, 2.05) is 18.0 Å². The van der Waals surface area contributed by atoms with Gasteiger partial charge in [-0.15, -0.1) is 0 Å². The van der Waals surface area contributed by atoms with E-state index < -0.39 is 0 Å². The number of fused-ring (bicyclic) bond motifs is 1. The summed E-state index contributed by atoms with van der Waals surface area (Å²) in [5.41, 5.74) is 2.24. The Morgan fingerprint density at radius 3 is 3.05 bits per heavy atom. The molecule has 0 saturated carbocycles. The van der Waals surface area contributed by atoms with E-state index in [2.05, 4.69) is 34.1 Å². The summed E-state index contributed by atoms with van der Waals surface area (Å²) in [5.74, 6) is 3.16. The topological polar surface area (TPSA) is 73.6 Å². The smallest absolute Gasteiger partial charge is 0.275 e. The van der Waals surface area contributed by atoms with Crippen molar-refractivity contribution in [1.82, 2.24) is 20.3 Å². The summed E-state index contributed by atoms with van der Waals surface area (Å²) in [6.45, 7) is 6.22. The number of H-pyrrole nitrogens is 2. The molecule has 0 aliphatic carbocycles. The van der Waals surface area contributed by atoms with Crippen LogP contribution in [0.25, 0.3) is 11.0 Å². The number of aromatic nitrogens is 3. The number of rotatable bonds is 9. The summed E-state index contributed by atoms with van der Waals surface area (Å²) >= 11 is 2.04. The standard InChI is InChI=1S/C15H24N4OS/c1-3-5-21-6-4-11(2)7-16-8-12-9-17-14-13(12)18-10-19-15(14)20/h9-11,16-17H,3-8H2,1-2H3,(H,18,19,20). The summed E-state index contributed by atoms with van der Waals surface area (Å²) in [6, 6.07) is 0. The van der Waals surface area contributed by atoms with Crippen LogP contribution in [0, 0.1) is 5.92 Å². The van der Waals surface area contributed by atoms with E-state index in [1.165, 1.54) is 30.7 Å². The van der Waals surface area contributed by atoms with Crippen LogP contribution in [0.1, 0.15) is 32.3 Å². The Labute approximate surface area is 129 Å². The number of hydrogen-bond donors (Lipinski definition) is 3. The van der Waals surface area contributed by atoms with Crippen LogP contribution in [0.5, 0.6) is 0 Å². The van der Waals surface area contributed by atoms with E-state index in [4.69, 9.17) is 0 Å². The zero-order valence-electron chi connectivity index (χ0n) is 12.7. The third-order valence-electron chi connectivity index (χ3n) is 3.46. The number of nitrogens with one attached hydrogen (secondary N) is 3. The molecule has 0 aromatic carbocycles. The summed E-state index contributed by atoms with van der Waals surface area (Å²) in [5, 5.41) is 3.46. The SMILES string of the molecule is CCCSCCC(C)CNCc1c[nH]c2c(=O)[nH]cnc12. The highest BCUT2D eigenvalue weighted by Crippen LogP contribution is 2.12. The van der Waals surface area contributed by atoms with E-state index in [-0.39, 0.29) is 5.56 Å². The molecule has 1 unspecified atom stereocenters. The lowest BCUT2D eigenvalue weighted by atomic mass is 10.1. The Morgan fingerprint density at radius 2 is 2.24 bits per heavy atom. The molecule has 2 aromatic heterocycles. The average Bonchev–Trinajstić information content (AvgIpc) is 2.89. The largest absolute Gasteiger partial charge is 0.355 e. The van der Waals surface area contributed by atoms with Crippen molar-refractivity contribution in [3.8, 4) is 0 Å². The molecule has 0 fully saturated rings. The molecule has 1 atom stereocenters. The molecule has 116 valence electrons. The minimum atomic E-state index is -0.118. The fourth-order valence-electron chi connectivity index (χ4n) is 2.23. The van der Waals surface area contributed by atoms with Crippen LogP contribution in [0.3, 0.4) is 0 Å². The van der Waals surface area contributed by atoms with Crippen molar-refractivity contribution in [2.75, 3.05) is 18.1 Å². The number of nitrogens with zero attached hydrogens (tertiary/aromatic N) is 1. The van der Waals surface area contributed by atoms with E-state index in [0.717, 1.165) is 24.2 Å². The second-order valence-corrected chi connectivity index (χ2v) is 6.63. The molecule has 0 amide bonds. The van der Waals surface area contributed by atoms with Crippen LogP contribution in [-0.4, -0.2) is 33.0 Å². The van der Waals surface area contributed by atoms with Crippen LogP contribution in [0.2, 0.25) is 0 Å². The highest BCUT2D eigenvalue weighted by atomic mass is 32.2. The van der Waals surface area contributed by atoms with E-state index >= 15 is 0 Å². The molecule has 0 saturated heterocycles. The van der Waals surface area contributed by atoms with Crippen molar-refractivity contribution in [1.29, 1.82) is 0 Å². The monoisotopic (exact) mass is 308 g/mol. The van der Waals surface area contributed by atoms with Gasteiger partial charge in [0.2, 0.25) is 0 Å². The minimum Gasteiger partial charge on any atom is -0.355 e. The van der Waals surface area contributed by atoms with Gasteiger partial charge in [0.25, 0.3) is 5.56 Å². The van der Waals surface area contributed by atoms with Gasteiger partial charge in [0.15, 0.2) is 0 Å². The zero-order valence-corrected chi connectivity index (χ0v) is 13.6. The van der Waals surface area contributed by atoms with E-state index in [9.17, 15) is 4.79 Å². The maximum absolute atomic E-state index is 11.6. The van der Waals surface area contributed by atoms with Crippen molar-refractivity contribution < 1.29 is 0 Å². The highest BCUT2D eigenvalue weighted by molar-refractivity contribution is 7.99. The molecule has 0 aliphatic heterocycles. The molecule has 6 heteroatoms. The van der Waals surface area contributed by atoms with Gasteiger partial charge in [-0.25, -0.2) is 4.98 Å². The van der Waals surface area contributed by atoms with Crippen LogP contribution >= 0.6 is 11.8 Å². The normalized spacial score (nSPS) is 12.9. The summed E-state index contributed by atoms with van der Waals surface area (Å²) in [7, 11) is 0. The maximum atomic E-state index is 11.6. The van der Waals surface area contributed by atoms with E-state index in [0.29, 0.717) is 11.4 Å². The van der Waals surface area contributed by atoms with Gasteiger partial charge in [0.05, 0.1) is 11.8 Å². The van der Waals surface area contributed by atoms with Gasteiger partial charge >= 0.3 is 0 Å². The number of thioether (sulfide) groups is 1. The fourth-order valence-corrected chi connectivity index (χ4v) is 3.29. The van der Waals surface area contributed by atoms with Crippen LogP contribution in [0.4, 0.5) is 0 Å². The predicted molar refractivity (Wildman–Crippen MR) is 89.8 cm³/mol. The van der Waals surface area contributed by atoms with Gasteiger partial charge in [0.1, 0.15) is 5.52 Å². The first kappa shape index (κ1) is 16.1. The molecule has 5 nitrogen and oxygen atoms in total. The Hall–Kier alpha value is -1.27. The molecule has 3 N–H and O–H groups in total. The molecule has 0 radical (unpaired) electrons. The van der Waals surface area contributed by atoms with Crippen molar-refractivity contribution in [3.63, 3.8) is 0 Å². The fraction of sp³-hybridized carbons (Fsp3) is 0.600. The molecule has 2 aromatic rings. The summed E-state index contributed by atoms with van der Waals surface area (Å²) in [4.78, 5) is 21.4. The van der Waals surface area contributed by atoms with Gasteiger partial charge in [-0.3, -0.25) is 4.79 Å². The van der Waals surface area contributed by atoms with Gasteiger partial charge < -0.3 is 15.3 Å². The second-order valence-electron chi connectivity index (χ2n) is 5.41. The first-order valence-electron chi connectivity index (χ1n) is 7.54. The third-order valence-corrected chi connectivity index (χ3v) is 4.68. The first-order chi connectivity index (χ1) is 10.2. The summed E-state index contributed by atoms with van der Waals surface area (Å²) < 4.78 is 0. The first-order valence-corrected chi connectivity index (χ1v) is 8.70. The van der Waals surface area contributed by atoms with Gasteiger partial charge in [-0.1, -0.05) is 13.8 Å². The minimum absolute atomic E-state index is 0.118. The Balaban J connectivity index is 1.77. The van der Waals surface area contributed by atoms with Crippen LogP contribution in [-0.2, 0) is 6.54 Å². The Kier molecular flexibility index (Phi) is 6.32. The molecule has 0 spiro atoms. The van der Waals surface area contributed by atoms with E-state index in [1.54, 1.807) is 0 Å². The molecule has 0 bridgehead atoms. The van der Waals surface area contributed by atoms with Crippen molar-refractivity contribution in [2.24, 2.45) is 5.92 Å². The molecule has 0 aliphatic rings. The number of hydrogen-bond acceptors (Lipinski definition) is 4. The molecule has 21 heavy (non-hydrogen) atoms. The average molecular weight is 308 g/mol. The van der Waals surface area contributed by atoms with Crippen molar-refractivity contribution >= 4 is 22.8 Å². The van der Waals surface area contributed by atoms with Crippen LogP contribution < -0.4 is 10.9 Å². The van der Waals surface area contributed by atoms with Crippen molar-refractivity contribution in [3.05, 3.63) is 28.4 Å². The van der Waals surface area contributed by atoms with Gasteiger partial charge in [0, 0.05) is 18.3 Å². The molecule has 2 rings (SSSR count). The summed E-state index contributed by atoms with van der Waals surface area (Å²) in [6.07, 6.45) is 5.81. The third kappa shape index (κ3) is 4.61. The second kappa shape index (κ2) is 8.24. The number of aromatic amines is 2. The molecular formula is C15H24N4OS. The lowest BCUT2D eigenvalue weighted by molar-refractivity contribution is 0.503. The molecule has 2 heterocycles. The van der Waals surface area contributed by atoms with Crippen molar-refractivity contribution in [2.45, 2.75) is 33.2 Å². The Bertz CT molecular complexity index is 607.